The number of para-hydroxylation sites is 2. The Labute approximate surface area is 259 Å². The maximum atomic E-state index is 13.7. The molecule has 43 heavy (non-hydrogen) atoms. The van der Waals surface area contributed by atoms with Gasteiger partial charge in [0.1, 0.15) is 4.90 Å². The Morgan fingerprint density at radius 1 is 0.744 bits per heavy atom. The predicted molar refractivity (Wildman–Crippen MR) is 168 cm³/mol. The van der Waals surface area contributed by atoms with Crippen LogP contribution in [0.5, 0.6) is 0 Å². The summed E-state index contributed by atoms with van der Waals surface area (Å²) in [5, 5.41) is 3.30. The van der Waals surface area contributed by atoms with Crippen molar-refractivity contribution in [1.29, 1.82) is 0 Å². The smallest absolute Gasteiger partial charge is 0.264 e. The Morgan fingerprint density at radius 3 is 2.07 bits per heavy atom. The van der Waals surface area contributed by atoms with Crippen LogP contribution in [0.15, 0.2) is 101 Å². The minimum absolute atomic E-state index is 0.0240. The third-order valence-corrected chi connectivity index (χ3v) is 9.87. The Kier molecular flexibility index (Phi) is 9.13. The van der Waals surface area contributed by atoms with Crippen molar-refractivity contribution >= 4 is 71.9 Å². The van der Waals surface area contributed by atoms with Gasteiger partial charge in [-0.3, -0.25) is 14.2 Å². The van der Waals surface area contributed by atoms with Crippen molar-refractivity contribution in [3.8, 4) is 0 Å². The minimum Gasteiger partial charge on any atom is -0.378 e. The molecule has 1 amide bonds. The SMILES string of the molecule is O=C(Nc1ccc(N2CCOCC2)c(S(=O)(=O)Nc2ccccc2Cl)c1)c1ccccc1NS(=O)(=O)c1ccc(Cl)cc1. The molecule has 0 saturated carbocycles. The van der Waals surface area contributed by atoms with Gasteiger partial charge in [0.25, 0.3) is 26.0 Å². The van der Waals surface area contributed by atoms with Crippen LogP contribution in [0.25, 0.3) is 0 Å². The van der Waals surface area contributed by atoms with Crippen molar-refractivity contribution in [2.75, 3.05) is 46.0 Å². The molecule has 0 aromatic heterocycles. The summed E-state index contributed by atoms with van der Waals surface area (Å²) < 4.78 is 63.7. The molecule has 10 nitrogen and oxygen atoms in total. The van der Waals surface area contributed by atoms with E-state index in [1.807, 2.05) is 4.90 Å². The number of halogens is 2. The Balaban J connectivity index is 1.46. The molecule has 4 aromatic carbocycles. The van der Waals surface area contributed by atoms with E-state index in [4.69, 9.17) is 27.9 Å². The molecule has 0 radical (unpaired) electrons. The van der Waals surface area contributed by atoms with Crippen LogP contribution in [-0.2, 0) is 24.8 Å². The van der Waals surface area contributed by atoms with Crippen LogP contribution in [-0.4, -0.2) is 49.0 Å². The van der Waals surface area contributed by atoms with Gasteiger partial charge in [-0.15, -0.1) is 0 Å². The lowest BCUT2D eigenvalue weighted by Gasteiger charge is -2.30. The monoisotopic (exact) mass is 660 g/mol. The molecule has 0 bridgehead atoms. The molecular weight excluding hydrogens is 635 g/mol. The number of carbonyl (C=O) groups excluding carboxylic acids is 1. The molecule has 224 valence electrons. The molecule has 4 aromatic rings. The molecule has 0 spiro atoms. The Bertz CT molecular complexity index is 1860. The zero-order valence-electron chi connectivity index (χ0n) is 22.5. The molecule has 1 aliphatic heterocycles. The third-order valence-electron chi connectivity index (χ3n) is 6.52. The summed E-state index contributed by atoms with van der Waals surface area (Å²) in [4.78, 5) is 15.2. The van der Waals surface area contributed by atoms with E-state index in [0.717, 1.165) is 0 Å². The highest BCUT2D eigenvalue weighted by molar-refractivity contribution is 7.93. The van der Waals surface area contributed by atoms with Gasteiger partial charge in [0.15, 0.2) is 0 Å². The maximum Gasteiger partial charge on any atom is 0.264 e. The molecule has 0 atom stereocenters. The van der Waals surface area contributed by atoms with E-state index < -0.39 is 26.0 Å². The predicted octanol–water partition coefficient (Wildman–Crippen LogP) is 5.68. The lowest BCUT2D eigenvalue weighted by atomic mass is 10.1. The summed E-state index contributed by atoms with van der Waals surface area (Å²) in [5.41, 5.74) is 0.867. The number of anilines is 4. The first-order chi connectivity index (χ1) is 20.5. The van der Waals surface area contributed by atoms with Gasteiger partial charge in [0.05, 0.1) is 45.8 Å². The van der Waals surface area contributed by atoms with E-state index in [-0.39, 0.29) is 37.4 Å². The first-order valence-corrected chi connectivity index (χ1v) is 16.7. The fourth-order valence-electron chi connectivity index (χ4n) is 4.40. The van der Waals surface area contributed by atoms with Crippen LogP contribution in [0.3, 0.4) is 0 Å². The number of hydrogen-bond donors (Lipinski definition) is 3. The zero-order chi connectivity index (χ0) is 30.6. The minimum atomic E-state index is -4.17. The number of sulfonamides is 2. The highest BCUT2D eigenvalue weighted by Gasteiger charge is 2.26. The molecular formula is C29H26Cl2N4O6S2. The van der Waals surface area contributed by atoms with Gasteiger partial charge in [-0.05, 0) is 66.7 Å². The Hall–Kier alpha value is -3.81. The number of carbonyl (C=O) groups is 1. The standard InChI is InChI=1S/C29H26Cl2N4O6S2/c30-20-9-12-22(13-10-20)42(37,38)33-25-7-3-1-5-23(25)29(36)32-21-11-14-27(35-15-17-41-18-16-35)28(19-21)43(39,40)34-26-8-4-2-6-24(26)31/h1-14,19,33-34H,15-18H2,(H,32,36). The number of benzene rings is 4. The van der Waals surface area contributed by atoms with Crippen molar-refractivity contribution in [2.24, 2.45) is 0 Å². The second-order valence-electron chi connectivity index (χ2n) is 9.43. The first-order valence-electron chi connectivity index (χ1n) is 13.0. The van der Waals surface area contributed by atoms with Crippen molar-refractivity contribution in [1.82, 2.24) is 0 Å². The van der Waals surface area contributed by atoms with Gasteiger partial charge in [-0.25, -0.2) is 16.8 Å². The van der Waals surface area contributed by atoms with Crippen LogP contribution >= 0.6 is 23.2 Å². The van der Waals surface area contributed by atoms with Crippen molar-refractivity contribution in [2.45, 2.75) is 9.79 Å². The largest absolute Gasteiger partial charge is 0.378 e. The molecule has 0 aliphatic carbocycles. The van der Waals surface area contributed by atoms with E-state index in [1.165, 1.54) is 42.5 Å². The first kappa shape index (κ1) is 30.6. The highest BCUT2D eigenvalue weighted by atomic mass is 35.5. The topological polar surface area (TPSA) is 134 Å². The highest BCUT2D eigenvalue weighted by Crippen LogP contribution is 2.33. The summed E-state index contributed by atoms with van der Waals surface area (Å²) in [6.45, 7) is 1.81. The van der Waals surface area contributed by atoms with E-state index in [2.05, 4.69) is 14.8 Å². The molecule has 14 heteroatoms. The average molecular weight is 662 g/mol. The fraction of sp³-hybridized carbons (Fsp3) is 0.138. The van der Waals surface area contributed by atoms with Crippen LogP contribution in [0, 0.1) is 0 Å². The van der Waals surface area contributed by atoms with Gasteiger partial charge >= 0.3 is 0 Å². The van der Waals surface area contributed by atoms with Gasteiger partial charge in [-0.1, -0.05) is 47.5 Å². The second-order valence-corrected chi connectivity index (χ2v) is 13.6. The number of amides is 1. The van der Waals surface area contributed by atoms with Crippen LogP contribution in [0.4, 0.5) is 22.7 Å². The van der Waals surface area contributed by atoms with Gasteiger partial charge < -0.3 is 15.0 Å². The van der Waals surface area contributed by atoms with Crippen molar-refractivity contribution < 1.29 is 26.4 Å². The summed E-state index contributed by atoms with van der Waals surface area (Å²) in [6.07, 6.45) is 0. The molecule has 0 unspecified atom stereocenters. The number of nitrogens with one attached hydrogen (secondary N) is 3. The second kappa shape index (κ2) is 12.8. The molecule has 1 saturated heterocycles. The van der Waals surface area contributed by atoms with E-state index in [0.29, 0.717) is 37.0 Å². The van der Waals surface area contributed by atoms with Gasteiger partial charge in [0.2, 0.25) is 0 Å². The zero-order valence-corrected chi connectivity index (χ0v) is 25.6. The van der Waals surface area contributed by atoms with Crippen LogP contribution in [0.2, 0.25) is 10.0 Å². The third kappa shape index (κ3) is 7.23. The number of hydrogen-bond acceptors (Lipinski definition) is 7. The number of ether oxygens (including phenoxy) is 1. The van der Waals surface area contributed by atoms with Crippen LogP contribution < -0.4 is 19.7 Å². The van der Waals surface area contributed by atoms with E-state index in [9.17, 15) is 21.6 Å². The van der Waals surface area contributed by atoms with E-state index >= 15 is 0 Å². The maximum absolute atomic E-state index is 13.7. The lowest BCUT2D eigenvalue weighted by Crippen LogP contribution is -2.37. The molecule has 1 fully saturated rings. The molecule has 3 N–H and O–H groups in total. The summed E-state index contributed by atoms with van der Waals surface area (Å²) in [5.74, 6) is -0.657. The number of rotatable bonds is 9. The average Bonchev–Trinajstić information content (AvgIpc) is 2.99. The molecule has 1 heterocycles. The summed E-state index contributed by atoms with van der Waals surface area (Å²) in [6, 6.07) is 22.6. The summed E-state index contributed by atoms with van der Waals surface area (Å²) in [7, 11) is -8.21. The van der Waals surface area contributed by atoms with Crippen LogP contribution in [0.1, 0.15) is 10.4 Å². The fourth-order valence-corrected chi connectivity index (χ4v) is 7.18. The van der Waals surface area contributed by atoms with Crippen molar-refractivity contribution in [3.63, 3.8) is 0 Å². The molecule has 1 aliphatic rings. The lowest BCUT2D eigenvalue weighted by molar-refractivity contribution is 0.102. The Morgan fingerprint density at radius 2 is 1.37 bits per heavy atom. The molecule has 5 rings (SSSR count). The number of morpholine rings is 1. The number of nitrogens with zero attached hydrogens (tertiary/aromatic N) is 1. The normalized spacial score (nSPS) is 13.8. The van der Waals surface area contributed by atoms with Gasteiger partial charge in [0, 0.05) is 23.8 Å². The quantitative estimate of drug-likeness (QED) is 0.210. The summed E-state index contributed by atoms with van der Waals surface area (Å²) >= 11 is 12.1. The van der Waals surface area contributed by atoms with Gasteiger partial charge in [-0.2, -0.15) is 0 Å². The van der Waals surface area contributed by atoms with E-state index in [1.54, 1.807) is 48.5 Å². The van der Waals surface area contributed by atoms with Crippen molar-refractivity contribution in [3.05, 3.63) is 107 Å².